The van der Waals surface area contributed by atoms with Gasteiger partial charge < -0.3 is 10.6 Å². The van der Waals surface area contributed by atoms with Crippen LogP contribution in [-0.4, -0.2) is 12.5 Å². The molecule has 2 aromatic carbocycles. The van der Waals surface area contributed by atoms with E-state index in [0.717, 1.165) is 25.2 Å². The summed E-state index contributed by atoms with van der Waals surface area (Å²) in [5, 5.41) is 6.18. The Morgan fingerprint density at radius 2 is 2.10 bits per heavy atom. The molecule has 0 bridgehead atoms. The second-order valence-electron chi connectivity index (χ2n) is 5.27. The van der Waals surface area contributed by atoms with Crippen LogP contribution < -0.4 is 10.6 Å². The molecular weight excluding hydrogens is 267 g/mol. The van der Waals surface area contributed by atoms with Gasteiger partial charge in [0.25, 0.3) is 0 Å². The molecule has 1 amide bonds. The van der Waals surface area contributed by atoms with Gasteiger partial charge in [-0.1, -0.05) is 18.2 Å². The predicted octanol–water partition coefficient (Wildman–Crippen LogP) is 2.65. The Hall–Kier alpha value is -2.20. The summed E-state index contributed by atoms with van der Waals surface area (Å²) < 4.78 is 13.1. The number of benzene rings is 2. The van der Waals surface area contributed by atoms with Gasteiger partial charge in [-0.3, -0.25) is 4.79 Å². The normalized spacial score (nSPS) is 13.6. The van der Waals surface area contributed by atoms with Gasteiger partial charge in [0.15, 0.2) is 0 Å². The Balaban J connectivity index is 1.67. The van der Waals surface area contributed by atoms with E-state index in [2.05, 4.69) is 16.7 Å². The lowest BCUT2D eigenvalue weighted by Gasteiger charge is -2.18. The van der Waals surface area contributed by atoms with Gasteiger partial charge >= 0.3 is 0 Å². The van der Waals surface area contributed by atoms with Crippen LogP contribution in [0.1, 0.15) is 16.7 Å². The van der Waals surface area contributed by atoms with Crippen molar-refractivity contribution < 1.29 is 9.18 Å². The number of amides is 1. The van der Waals surface area contributed by atoms with Crippen molar-refractivity contribution in [1.82, 2.24) is 5.32 Å². The monoisotopic (exact) mass is 284 g/mol. The summed E-state index contributed by atoms with van der Waals surface area (Å²) in [4.78, 5) is 12.0. The number of nitrogens with one attached hydrogen (secondary N) is 2. The maximum absolute atomic E-state index is 13.1. The van der Waals surface area contributed by atoms with Crippen LogP contribution in [0.2, 0.25) is 0 Å². The molecule has 0 saturated carbocycles. The summed E-state index contributed by atoms with van der Waals surface area (Å²) in [6, 6.07) is 12.1. The Labute approximate surface area is 123 Å². The highest BCUT2D eigenvalue weighted by atomic mass is 19.1. The van der Waals surface area contributed by atoms with Gasteiger partial charge in [0.2, 0.25) is 5.91 Å². The molecule has 0 atom stereocenters. The van der Waals surface area contributed by atoms with E-state index < -0.39 is 0 Å². The van der Waals surface area contributed by atoms with Gasteiger partial charge in [0.1, 0.15) is 5.82 Å². The summed E-state index contributed by atoms with van der Waals surface area (Å²) in [6.45, 7) is 1.83. The molecular formula is C17H17FN2O. The van der Waals surface area contributed by atoms with Crippen molar-refractivity contribution in [3.05, 3.63) is 65.0 Å². The third-order valence-corrected chi connectivity index (χ3v) is 3.63. The molecule has 3 nitrogen and oxygen atoms in total. The molecule has 0 spiro atoms. The van der Waals surface area contributed by atoms with E-state index in [0.29, 0.717) is 5.56 Å². The molecule has 0 aliphatic carbocycles. The molecule has 4 heteroatoms. The van der Waals surface area contributed by atoms with E-state index in [4.69, 9.17) is 0 Å². The highest BCUT2D eigenvalue weighted by Crippen LogP contribution is 2.19. The van der Waals surface area contributed by atoms with Gasteiger partial charge in [-0.25, -0.2) is 4.39 Å². The van der Waals surface area contributed by atoms with Gasteiger partial charge in [-0.2, -0.15) is 0 Å². The standard InChI is InChI=1S/C17H17FN2O/c18-15-3-1-2-12(8-15)9-17(21)20-16-5-4-13-6-7-19-11-14(13)10-16/h1-5,8,10,19H,6-7,9,11H2,(H,20,21). The van der Waals surface area contributed by atoms with E-state index in [1.165, 1.54) is 23.3 Å². The van der Waals surface area contributed by atoms with Crippen molar-refractivity contribution in [2.24, 2.45) is 0 Å². The molecule has 0 saturated heterocycles. The second-order valence-corrected chi connectivity index (χ2v) is 5.27. The summed E-state index contributed by atoms with van der Waals surface area (Å²) in [6.07, 6.45) is 1.19. The number of anilines is 1. The number of carbonyl (C=O) groups excluding carboxylic acids is 1. The molecule has 2 aromatic rings. The molecule has 2 N–H and O–H groups in total. The molecule has 108 valence electrons. The molecule has 21 heavy (non-hydrogen) atoms. The molecule has 1 aliphatic rings. The van der Waals surface area contributed by atoms with Crippen molar-refractivity contribution in [3.8, 4) is 0 Å². The first-order valence-corrected chi connectivity index (χ1v) is 7.07. The van der Waals surface area contributed by atoms with Gasteiger partial charge in [-0.05, 0) is 53.9 Å². The number of carbonyl (C=O) groups is 1. The van der Waals surface area contributed by atoms with Gasteiger partial charge in [-0.15, -0.1) is 0 Å². The fourth-order valence-electron chi connectivity index (χ4n) is 2.60. The zero-order valence-electron chi connectivity index (χ0n) is 11.7. The zero-order chi connectivity index (χ0) is 14.7. The minimum absolute atomic E-state index is 0.135. The molecule has 1 heterocycles. The van der Waals surface area contributed by atoms with Crippen molar-refractivity contribution in [1.29, 1.82) is 0 Å². The molecule has 0 fully saturated rings. The first-order chi connectivity index (χ1) is 10.2. The van der Waals surface area contributed by atoms with Crippen molar-refractivity contribution in [3.63, 3.8) is 0 Å². The van der Waals surface area contributed by atoms with E-state index >= 15 is 0 Å². The quantitative estimate of drug-likeness (QED) is 0.910. The summed E-state index contributed by atoms with van der Waals surface area (Å²) in [5.41, 5.74) is 4.02. The predicted molar refractivity (Wildman–Crippen MR) is 80.6 cm³/mol. The summed E-state index contributed by atoms with van der Waals surface area (Å²) in [5.74, 6) is -0.454. The Morgan fingerprint density at radius 1 is 1.19 bits per heavy atom. The van der Waals surface area contributed by atoms with Crippen molar-refractivity contribution in [2.75, 3.05) is 11.9 Å². The SMILES string of the molecule is O=C(Cc1cccc(F)c1)Nc1ccc2c(c1)CNCC2. The van der Waals surface area contributed by atoms with Crippen LogP contribution in [0.15, 0.2) is 42.5 Å². The Bertz CT molecular complexity index is 670. The van der Waals surface area contributed by atoms with Gasteiger partial charge in [0.05, 0.1) is 6.42 Å². The topological polar surface area (TPSA) is 41.1 Å². The van der Waals surface area contributed by atoms with Crippen LogP contribution in [0.4, 0.5) is 10.1 Å². The molecule has 0 unspecified atom stereocenters. The number of fused-ring (bicyclic) bond motifs is 1. The fourth-order valence-corrected chi connectivity index (χ4v) is 2.60. The van der Waals surface area contributed by atoms with Gasteiger partial charge in [0, 0.05) is 12.2 Å². The third kappa shape index (κ3) is 3.47. The zero-order valence-corrected chi connectivity index (χ0v) is 11.7. The minimum atomic E-state index is -0.319. The van der Waals surface area contributed by atoms with Crippen LogP contribution in [0.25, 0.3) is 0 Å². The van der Waals surface area contributed by atoms with E-state index in [1.807, 2.05) is 12.1 Å². The van der Waals surface area contributed by atoms with Crippen LogP contribution in [0, 0.1) is 5.82 Å². The summed E-state index contributed by atoms with van der Waals surface area (Å²) in [7, 11) is 0. The van der Waals surface area contributed by atoms with E-state index in [1.54, 1.807) is 12.1 Å². The van der Waals surface area contributed by atoms with Crippen molar-refractivity contribution >= 4 is 11.6 Å². The maximum atomic E-state index is 13.1. The lowest BCUT2D eigenvalue weighted by atomic mass is 10.0. The lowest BCUT2D eigenvalue weighted by molar-refractivity contribution is -0.115. The van der Waals surface area contributed by atoms with E-state index in [9.17, 15) is 9.18 Å². The molecule has 0 aromatic heterocycles. The highest BCUT2D eigenvalue weighted by Gasteiger charge is 2.10. The number of halogens is 1. The maximum Gasteiger partial charge on any atom is 0.228 e. The average molecular weight is 284 g/mol. The Morgan fingerprint density at radius 3 is 2.95 bits per heavy atom. The lowest BCUT2D eigenvalue weighted by Crippen LogP contribution is -2.24. The number of rotatable bonds is 3. The highest BCUT2D eigenvalue weighted by molar-refractivity contribution is 5.92. The summed E-state index contributed by atoms with van der Waals surface area (Å²) >= 11 is 0. The largest absolute Gasteiger partial charge is 0.326 e. The van der Waals surface area contributed by atoms with Crippen molar-refractivity contribution in [2.45, 2.75) is 19.4 Å². The van der Waals surface area contributed by atoms with E-state index in [-0.39, 0.29) is 18.1 Å². The van der Waals surface area contributed by atoms with Crippen LogP contribution in [0.3, 0.4) is 0 Å². The average Bonchev–Trinajstić information content (AvgIpc) is 2.47. The number of hydrogen-bond acceptors (Lipinski definition) is 2. The fraction of sp³-hybridized carbons (Fsp3) is 0.235. The van der Waals surface area contributed by atoms with Crippen LogP contribution in [0.5, 0.6) is 0 Å². The Kier molecular flexibility index (Phi) is 3.97. The first-order valence-electron chi connectivity index (χ1n) is 7.07. The number of hydrogen-bond donors (Lipinski definition) is 2. The van der Waals surface area contributed by atoms with Crippen LogP contribution in [-0.2, 0) is 24.2 Å². The molecule has 0 radical (unpaired) electrons. The smallest absolute Gasteiger partial charge is 0.228 e. The molecule has 3 rings (SSSR count). The van der Waals surface area contributed by atoms with Crippen LogP contribution >= 0.6 is 0 Å². The second kappa shape index (κ2) is 6.06. The first kappa shape index (κ1) is 13.8. The minimum Gasteiger partial charge on any atom is -0.326 e. The third-order valence-electron chi connectivity index (χ3n) is 3.63. The molecule has 1 aliphatic heterocycles.